The Hall–Kier alpha value is -0.800. The zero-order valence-corrected chi connectivity index (χ0v) is 5.87. The minimum Gasteiger partial charge on any atom is -0.472 e. The number of rotatable bonds is 2. The molecule has 0 fully saturated rings. The summed E-state index contributed by atoms with van der Waals surface area (Å²) in [6.07, 6.45) is 3.08. The molecule has 0 spiro atoms. The molecule has 0 saturated heterocycles. The molecule has 3 nitrogen and oxygen atoms in total. The second-order valence-electron chi connectivity index (χ2n) is 2.59. The van der Waals surface area contributed by atoms with Crippen molar-refractivity contribution >= 4 is 0 Å². The van der Waals surface area contributed by atoms with Crippen LogP contribution in [0.2, 0.25) is 0 Å². The average Bonchev–Trinajstić information content (AvgIpc) is 2.38. The van der Waals surface area contributed by atoms with Crippen LogP contribution in [0.1, 0.15) is 12.5 Å². The molecule has 0 radical (unpaired) electrons. The highest BCUT2D eigenvalue weighted by molar-refractivity contribution is 5.16. The highest BCUT2D eigenvalue weighted by Gasteiger charge is 2.20. The quantitative estimate of drug-likeness (QED) is 0.628. The van der Waals surface area contributed by atoms with Crippen LogP contribution in [0.15, 0.2) is 23.0 Å². The van der Waals surface area contributed by atoms with Gasteiger partial charge in [0.2, 0.25) is 0 Å². The van der Waals surface area contributed by atoms with Crippen LogP contribution in [0, 0.1) is 0 Å². The van der Waals surface area contributed by atoms with Crippen molar-refractivity contribution in [3.05, 3.63) is 24.2 Å². The van der Waals surface area contributed by atoms with Crippen molar-refractivity contribution in [1.82, 2.24) is 0 Å². The first-order valence-corrected chi connectivity index (χ1v) is 3.09. The highest BCUT2D eigenvalue weighted by Crippen LogP contribution is 2.16. The molecular formula is C7H11NO2. The first-order valence-electron chi connectivity index (χ1n) is 3.09. The summed E-state index contributed by atoms with van der Waals surface area (Å²) in [4.78, 5) is 0. The molecule has 3 N–H and O–H groups in total. The molecule has 3 heteroatoms. The van der Waals surface area contributed by atoms with E-state index in [-0.39, 0.29) is 6.61 Å². The second kappa shape index (κ2) is 2.44. The van der Waals surface area contributed by atoms with Gasteiger partial charge in [-0.05, 0) is 13.0 Å². The molecule has 1 atom stereocenters. The average molecular weight is 141 g/mol. The third-order valence-electron chi connectivity index (χ3n) is 1.51. The van der Waals surface area contributed by atoms with Crippen molar-refractivity contribution in [3.8, 4) is 0 Å². The van der Waals surface area contributed by atoms with Crippen LogP contribution in [-0.4, -0.2) is 11.7 Å². The SMILES string of the molecule is CC(N)(CO)c1ccoc1. The lowest BCUT2D eigenvalue weighted by molar-refractivity contribution is 0.209. The lowest BCUT2D eigenvalue weighted by Crippen LogP contribution is -2.36. The molecule has 0 aliphatic carbocycles. The van der Waals surface area contributed by atoms with Crippen LogP contribution in [0.4, 0.5) is 0 Å². The van der Waals surface area contributed by atoms with E-state index in [1.165, 1.54) is 12.5 Å². The van der Waals surface area contributed by atoms with E-state index in [0.29, 0.717) is 0 Å². The zero-order chi connectivity index (χ0) is 7.61. The highest BCUT2D eigenvalue weighted by atomic mass is 16.3. The molecule has 1 rings (SSSR count). The summed E-state index contributed by atoms with van der Waals surface area (Å²) in [7, 11) is 0. The molecule has 1 heterocycles. The van der Waals surface area contributed by atoms with Crippen LogP contribution in [-0.2, 0) is 5.54 Å². The minimum absolute atomic E-state index is 0.0769. The molecular weight excluding hydrogens is 130 g/mol. The summed E-state index contributed by atoms with van der Waals surface area (Å²) < 4.78 is 4.81. The molecule has 1 unspecified atom stereocenters. The van der Waals surface area contributed by atoms with Gasteiger partial charge in [0.25, 0.3) is 0 Å². The van der Waals surface area contributed by atoms with Crippen molar-refractivity contribution in [2.45, 2.75) is 12.5 Å². The molecule has 0 amide bonds. The minimum atomic E-state index is -0.674. The van der Waals surface area contributed by atoms with E-state index < -0.39 is 5.54 Å². The summed E-state index contributed by atoms with van der Waals surface area (Å²) in [5.74, 6) is 0. The zero-order valence-electron chi connectivity index (χ0n) is 5.87. The maximum Gasteiger partial charge on any atom is 0.0953 e. The van der Waals surface area contributed by atoms with Gasteiger partial charge in [-0.15, -0.1) is 0 Å². The maximum absolute atomic E-state index is 8.80. The molecule has 0 aliphatic heterocycles. The van der Waals surface area contributed by atoms with E-state index in [0.717, 1.165) is 5.56 Å². The Bertz CT molecular complexity index is 191. The fourth-order valence-electron chi connectivity index (χ4n) is 0.681. The van der Waals surface area contributed by atoms with E-state index >= 15 is 0 Å². The predicted octanol–water partition coefficient (Wildman–Crippen LogP) is 0.446. The Kier molecular flexibility index (Phi) is 1.78. The van der Waals surface area contributed by atoms with Gasteiger partial charge in [-0.25, -0.2) is 0 Å². The molecule has 0 aliphatic rings. The number of hydrogen-bond donors (Lipinski definition) is 2. The van der Waals surface area contributed by atoms with Gasteiger partial charge in [-0.1, -0.05) is 0 Å². The molecule has 56 valence electrons. The number of furan rings is 1. The lowest BCUT2D eigenvalue weighted by Gasteiger charge is -2.18. The van der Waals surface area contributed by atoms with Crippen molar-refractivity contribution in [2.75, 3.05) is 6.61 Å². The van der Waals surface area contributed by atoms with Gasteiger partial charge in [-0.2, -0.15) is 0 Å². The van der Waals surface area contributed by atoms with Crippen LogP contribution in [0.25, 0.3) is 0 Å². The van der Waals surface area contributed by atoms with E-state index in [9.17, 15) is 0 Å². The van der Waals surface area contributed by atoms with Crippen molar-refractivity contribution in [1.29, 1.82) is 0 Å². The summed E-state index contributed by atoms with van der Waals surface area (Å²) >= 11 is 0. The van der Waals surface area contributed by atoms with Crippen molar-refractivity contribution in [2.24, 2.45) is 5.73 Å². The fraction of sp³-hybridized carbons (Fsp3) is 0.429. The summed E-state index contributed by atoms with van der Waals surface area (Å²) in [6.45, 7) is 1.67. The Morgan fingerprint density at radius 3 is 2.90 bits per heavy atom. The monoisotopic (exact) mass is 141 g/mol. The van der Waals surface area contributed by atoms with Gasteiger partial charge < -0.3 is 15.3 Å². The van der Waals surface area contributed by atoms with Crippen LogP contribution in [0.3, 0.4) is 0 Å². The Morgan fingerprint density at radius 2 is 2.50 bits per heavy atom. The molecule has 1 aromatic rings. The van der Waals surface area contributed by atoms with E-state index in [1.54, 1.807) is 13.0 Å². The van der Waals surface area contributed by atoms with E-state index in [1.807, 2.05) is 0 Å². The molecule has 1 aromatic heterocycles. The summed E-state index contributed by atoms with van der Waals surface area (Å²) in [5.41, 5.74) is 5.81. The third-order valence-corrected chi connectivity index (χ3v) is 1.51. The Morgan fingerprint density at radius 1 is 1.80 bits per heavy atom. The van der Waals surface area contributed by atoms with Crippen LogP contribution in [0.5, 0.6) is 0 Å². The number of aliphatic hydroxyl groups is 1. The Labute approximate surface area is 59.5 Å². The van der Waals surface area contributed by atoms with Gasteiger partial charge in [0.15, 0.2) is 0 Å². The van der Waals surface area contributed by atoms with Gasteiger partial charge in [0.05, 0.1) is 24.7 Å². The molecule has 0 saturated carbocycles. The summed E-state index contributed by atoms with van der Waals surface area (Å²) in [6, 6.07) is 1.75. The van der Waals surface area contributed by atoms with E-state index in [4.69, 9.17) is 15.3 Å². The number of nitrogens with two attached hydrogens (primary N) is 1. The molecule has 10 heavy (non-hydrogen) atoms. The smallest absolute Gasteiger partial charge is 0.0953 e. The normalized spacial score (nSPS) is 16.7. The third kappa shape index (κ3) is 1.20. The van der Waals surface area contributed by atoms with Gasteiger partial charge >= 0.3 is 0 Å². The van der Waals surface area contributed by atoms with Gasteiger partial charge in [-0.3, -0.25) is 0 Å². The lowest BCUT2D eigenvalue weighted by atomic mass is 9.98. The van der Waals surface area contributed by atoms with Gasteiger partial charge in [0, 0.05) is 5.56 Å². The Balaban J connectivity index is 2.85. The second-order valence-corrected chi connectivity index (χ2v) is 2.59. The van der Waals surface area contributed by atoms with E-state index in [2.05, 4.69) is 0 Å². The topological polar surface area (TPSA) is 59.4 Å². The van der Waals surface area contributed by atoms with Crippen LogP contribution >= 0.6 is 0 Å². The maximum atomic E-state index is 8.80. The van der Waals surface area contributed by atoms with Gasteiger partial charge in [0.1, 0.15) is 0 Å². The summed E-state index contributed by atoms with van der Waals surface area (Å²) in [5, 5.41) is 8.80. The molecule has 0 bridgehead atoms. The first kappa shape index (κ1) is 7.31. The predicted molar refractivity (Wildman–Crippen MR) is 37.3 cm³/mol. The fourth-order valence-corrected chi connectivity index (χ4v) is 0.681. The van der Waals surface area contributed by atoms with Crippen molar-refractivity contribution < 1.29 is 9.52 Å². The largest absolute Gasteiger partial charge is 0.472 e. The number of hydrogen-bond acceptors (Lipinski definition) is 3. The van der Waals surface area contributed by atoms with Crippen molar-refractivity contribution in [3.63, 3.8) is 0 Å². The first-order chi connectivity index (χ1) is 4.67. The standard InChI is InChI=1S/C7H11NO2/c1-7(8,5-9)6-2-3-10-4-6/h2-4,9H,5,8H2,1H3. The molecule has 0 aromatic carbocycles. The van der Waals surface area contributed by atoms with Crippen LogP contribution < -0.4 is 5.73 Å². The number of aliphatic hydroxyl groups excluding tert-OH is 1.